The molecule has 3 nitrogen and oxygen atoms in total. The molecule has 0 aromatic heterocycles. The Hall–Kier alpha value is -0.900. The van der Waals surface area contributed by atoms with Gasteiger partial charge in [0.1, 0.15) is 0 Å². The van der Waals surface area contributed by atoms with Crippen LogP contribution in [0.1, 0.15) is 24.9 Å². The summed E-state index contributed by atoms with van der Waals surface area (Å²) < 4.78 is 5.10. The van der Waals surface area contributed by atoms with Crippen LogP contribution in [0.25, 0.3) is 0 Å². The van der Waals surface area contributed by atoms with Gasteiger partial charge in [-0.1, -0.05) is 30.3 Å². The average molecular weight is 250 g/mol. The molecule has 2 unspecified atom stereocenters. The fourth-order valence-electron chi connectivity index (χ4n) is 2.26. The zero-order valence-corrected chi connectivity index (χ0v) is 12.0. The minimum absolute atomic E-state index is 0.360. The quantitative estimate of drug-likeness (QED) is 0.717. The number of benzene rings is 1. The topological polar surface area (TPSA) is 24.5 Å². The van der Waals surface area contributed by atoms with E-state index >= 15 is 0 Å². The first-order valence-corrected chi connectivity index (χ1v) is 6.62. The number of likely N-dealkylation sites (N-methyl/N-ethyl adjacent to an activating group) is 2. The van der Waals surface area contributed by atoms with Crippen molar-refractivity contribution in [2.75, 3.05) is 34.4 Å². The molecule has 0 fully saturated rings. The van der Waals surface area contributed by atoms with E-state index in [0.29, 0.717) is 12.1 Å². The third-order valence-electron chi connectivity index (χ3n) is 3.51. The summed E-state index contributed by atoms with van der Waals surface area (Å²) in [4.78, 5) is 2.38. The van der Waals surface area contributed by atoms with Gasteiger partial charge in [-0.25, -0.2) is 0 Å². The second-order valence-corrected chi connectivity index (χ2v) is 4.74. The van der Waals surface area contributed by atoms with E-state index in [0.717, 1.165) is 19.6 Å². The second-order valence-electron chi connectivity index (χ2n) is 4.74. The molecule has 18 heavy (non-hydrogen) atoms. The molecule has 0 spiro atoms. The Morgan fingerprint density at radius 2 is 1.94 bits per heavy atom. The van der Waals surface area contributed by atoms with E-state index in [9.17, 15) is 0 Å². The van der Waals surface area contributed by atoms with Gasteiger partial charge in [-0.05, 0) is 33.0 Å². The van der Waals surface area contributed by atoms with Gasteiger partial charge < -0.3 is 15.0 Å². The smallest absolute Gasteiger partial charge is 0.0474 e. The molecule has 3 heteroatoms. The van der Waals surface area contributed by atoms with Crippen LogP contribution in [0.4, 0.5) is 0 Å². The summed E-state index contributed by atoms with van der Waals surface area (Å²) in [7, 11) is 5.95. The van der Waals surface area contributed by atoms with Crippen LogP contribution in [0.2, 0.25) is 0 Å². The van der Waals surface area contributed by atoms with Gasteiger partial charge in [0.2, 0.25) is 0 Å². The van der Waals surface area contributed by atoms with Crippen molar-refractivity contribution < 1.29 is 4.74 Å². The molecule has 1 N–H and O–H groups in total. The minimum atomic E-state index is 0.360. The van der Waals surface area contributed by atoms with E-state index < -0.39 is 0 Å². The number of hydrogen-bond acceptors (Lipinski definition) is 3. The number of nitrogens with one attached hydrogen (secondary N) is 1. The Kier molecular flexibility index (Phi) is 6.94. The number of ether oxygens (including phenoxy) is 1. The van der Waals surface area contributed by atoms with E-state index in [4.69, 9.17) is 4.74 Å². The van der Waals surface area contributed by atoms with Crippen LogP contribution in [0, 0.1) is 0 Å². The van der Waals surface area contributed by atoms with Gasteiger partial charge in [0.15, 0.2) is 0 Å². The van der Waals surface area contributed by atoms with Gasteiger partial charge in [-0.3, -0.25) is 0 Å². The molecule has 0 amide bonds. The molecule has 0 aliphatic carbocycles. The van der Waals surface area contributed by atoms with E-state index in [-0.39, 0.29) is 0 Å². The standard InChI is InChI=1S/C15H26N2O/c1-13(17(3)11-8-12-18-4)15(16-2)14-9-6-5-7-10-14/h5-7,9-10,13,15-16H,8,11-12H2,1-4H3. The van der Waals surface area contributed by atoms with E-state index in [1.165, 1.54) is 5.56 Å². The van der Waals surface area contributed by atoms with Gasteiger partial charge in [-0.2, -0.15) is 0 Å². The Morgan fingerprint density at radius 1 is 1.28 bits per heavy atom. The number of hydrogen-bond donors (Lipinski definition) is 1. The first-order chi connectivity index (χ1) is 8.70. The summed E-state index contributed by atoms with van der Waals surface area (Å²) in [5.41, 5.74) is 1.34. The highest BCUT2D eigenvalue weighted by molar-refractivity contribution is 5.20. The third kappa shape index (κ3) is 4.41. The van der Waals surface area contributed by atoms with Crippen molar-refractivity contribution in [3.63, 3.8) is 0 Å². The SMILES string of the molecule is CNC(c1ccccc1)C(C)N(C)CCCOC. The summed E-state index contributed by atoms with van der Waals surface area (Å²) in [6.45, 7) is 4.15. The highest BCUT2D eigenvalue weighted by Gasteiger charge is 2.20. The van der Waals surface area contributed by atoms with Crippen molar-refractivity contribution in [1.29, 1.82) is 0 Å². The molecule has 0 saturated heterocycles. The molecule has 1 rings (SSSR count). The van der Waals surface area contributed by atoms with Gasteiger partial charge in [0.05, 0.1) is 0 Å². The van der Waals surface area contributed by atoms with E-state index in [1.54, 1.807) is 7.11 Å². The Morgan fingerprint density at radius 3 is 2.50 bits per heavy atom. The van der Waals surface area contributed by atoms with Gasteiger partial charge >= 0.3 is 0 Å². The first kappa shape index (κ1) is 15.2. The van der Waals surface area contributed by atoms with Crippen molar-refractivity contribution in [2.24, 2.45) is 0 Å². The summed E-state index contributed by atoms with van der Waals surface area (Å²) >= 11 is 0. The molecule has 0 aliphatic heterocycles. The number of nitrogens with zero attached hydrogens (tertiary/aromatic N) is 1. The monoisotopic (exact) mass is 250 g/mol. The third-order valence-corrected chi connectivity index (χ3v) is 3.51. The molecule has 102 valence electrons. The molecule has 0 saturated carbocycles. The highest BCUT2D eigenvalue weighted by Crippen LogP contribution is 2.19. The van der Waals surface area contributed by atoms with E-state index in [2.05, 4.69) is 54.5 Å². The molecule has 0 aliphatic rings. The van der Waals surface area contributed by atoms with Crippen LogP contribution < -0.4 is 5.32 Å². The maximum Gasteiger partial charge on any atom is 0.0474 e. The molecular weight excluding hydrogens is 224 g/mol. The molecule has 0 bridgehead atoms. The Bertz CT molecular complexity index is 316. The van der Waals surface area contributed by atoms with Gasteiger partial charge in [-0.15, -0.1) is 0 Å². The maximum absolute atomic E-state index is 5.10. The normalized spacial score (nSPS) is 14.7. The van der Waals surface area contributed by atoms with Crippen LogP contribution in [0.3, 0.4) is 0 Å². The molecule has 2 atom stereocenters. The number of rotatable bonds is 8. The summed E-state index contributed by atoms with van der Waals surface area (Å²) in [6.07, 6.45) is 1.07. The van der Waals surface area contributed by atoms with E-state index in [1.807, 2.05) is 7.05 Å². The van der Waals surface area contributed by atoms with Crippen LogP contribution in [-0.4, -0.2) is 45.3 Å². The second kappa shape index (κ2) is 8.25. The van der Waals surface area contributed by atoms with Gasteiger partial charge in [0.25, 0.3) is 0 Å². The minimum Gasteiger partial charge on any atom is -0.385 e. The Balaban J connectivity index is 2.59. The lowest BCUT2D eigenvalue weighted by Gasteiger charge is -2.32. The lowest BCUT2D eigenvalue weighted by atomic mass is 9.99. The summed E-state index contributed by atoms with van der Waals surface area (Å²) in [5.74, 6) is 0. The molecule has 1 aromatic carbocycles. The first-order valence-electron chi connectivity index (χ1n) is 6.62. The predicted octanol–water partition coefficient (Wildman–Crippen LogP) is 2.30. The van der Waals surface area contributed by atoms with Crippen LogP contribution in [0.5, 0.6) is 0 Å². The van der Waals surface area contributed by atoms with Gasteiger partial charge in [0, 0.05) is 32.3 Å². The Labute approximate surface area is 111 Å². The largest absolute Gasteiger partial charge is 0.385 e. The summed E-state index contributed by atoms with van der Waals surface area (Å²) in [6, 6.07) is 11.4. The molecule has 0 radical (unpaired) electrons. The van der Waals surface area contributed by atoms with Crippen molar-refractivity contribution in [3.05, 3.63) is 35.9 Å². The zero-order valence-electron chi connectivity index (χ0n) is 12.0. The average Bonchev–Trinajstić information content (AvgIpc) is 2.41. The van der Waals surface area contributed by atoms with Crippen molar-refractivity contribution in [1.82, 2.24) is 10.2 Å². The lowest BCUT2D eigenvalue weighted by Crippen LogP contribution is -2.40. The van der Waals surface area contributed by atoms with Crippen LogP contribution in [0.15, 0.2) is 30.3 Å². The molecule has 1 aromatic rings. The zero-order chi connectivity index (χ0) is 13.4. The maximum atomic E-state index is 5.10. The predicted molar refractivity (Wildman–Crippen MR) is 76.8 cm³/mol. The summed E-state index contributed by atoms with van der Waals surface area (Å²) in [5, 5.41) is 3.42. The highest BCUT2D eigenvalue weighted by atomic mass is 16.5. The van der Waals surface area contributed by atoms with Crippen molar-refractivity contribution in [3.8, 4) is 0 Å². The molecule has 0 heterocycles. The van der Waals surface area contributed by atoms with Crippen molar-refractivity contribution >= 4 is 0 Å². The number of methoxy groups -OCH3 is 1. The van der Waals surface area contributed by atoms with Crippen molar-refractivity contribution in [2.45, 2.75) is 25.4 Å². The fraction of sp³-hybridized carbons (Fsp3) is 0.600. The lowest BCUT2D eigenvalue weighted by molar-refractivity contribution is 0.157. The molecular formula is C15H26N2O. The van der Waals surface area contributed by atoms with Crippen LogP contribution in [-0.2, 0) is 4.74 Å². The van der Waals surface area contributed by atoms with Crippen LogP contribution >= 0.6 is 0 Å². The fourth-order valence-corrected chi connectivity index (χ4v) is 2.26.